The van der Waals surface area contributed by atoms with Crippen LogP contribution in [-0.2, 0) is 10.2 Å². The highest BCUT2D eigenvalue weighted by Crippen LogP contribution is 2.28. The van der Waals surface area contributed by atoms with Gasteiger partial charge in [0.05, 0.1) is 5.56 Å². The molecule has 0 saturated carbocycles. The van der Waals surface area contributed by atoms with E-state index in [0.717, 1.165) is 17.3 Å². The fraction of sp³-hybridized carbons (Fsp3) is 0.286. The molecule has 0 aliphatic carbocycles. The number of hydrogen-bond donors (Lipinski definition) is 2. The molecule has 0 saturated heterocycles. The van der Waals surface area contributed by atoms with E-state index in [1.165, 1.54) is 6.92 Å². The van der Waals surface area contributed by atoms with Gasteiger partial charge < -0.3 is 11.1 Å². The highest BCUT2D eigenvalue weighted by molar-refractivity contribution is 8.14. The van der Waals surface area contributed by atoms with Crippen LogP contribution in [0.25, 0.3) is 0 Å². The van der Waals surface area contributed by atoms with Crippen LogP contribution in [0.3, 0.4) is 0 Å². The van der Waals surface area contributed by atoms with Crippen LogP contribution in [0.2, 0.25) is 0 Å². The van der Waals surface area contributed by atoms with Gasteiger partial charge in [0.15, 0.2) is 0 Å². The molecule has 2 aromatic carbocycles. The first-order valence-corrected chi connectivity index (χ1v) is 9.43. The van der Waals surface area contributed by atoms with E-state index in [9.17, 15) is 14.4 Å². The monoisotopic (exact) mass is 384 g/mol. The van der Waals surface area contributed by atoms with E-state index in [2.05, 4.69) is 26.1 Å². The normalized spacial score (nSPS) is 12.3. The van der Waals surface area contributed by atoms with Crippen LogP contribution >= 0.6 is 11.8 Å². The molecule has 142 valence electrons. The predicted molar refractivity (Wildman–Crippen MR) is 108 cm³/mol. The minimum Gasteiger partial charge on any atom is -0.368 e. The molecule has 0 aromatic heterocycles. The van der Waals surface area contributed by atoms with Gasteiger partial charge in [0.2, 0.25) is 11.0 Å². The molecule has 27 heavy (non-hydrogen) atoms. The Bertz CT molecular complexity index is 854. The van der Waals surface area contributed by atoms with Crippen molar-refractivity contribution in [2.24, 2.45) is 5.73 Å². The standard InChI is InChI=1S/C21H24N2O3S/c1-13(18(22)24)23-19(25)16-7-5-6-8-17(16)27-20(26)14-9-11-15(12-10-14)21(2,3)4/h5-13H,1-4H3,(H2,22,24)(H,23,25)/t13-/m0/s1. The number of nitrogens with two attached hydrogens (primary N) is 1. The molecule has 0 heterocycles. The third kappa shape index (κ3) is 5.44. The van der Waals surface area contributed by atoms with Crippen molar-refractivity contribution in [2.75, 3.05) is 0 Å². The minimum atomic E-state index is -0.795. The van der Waals surface area contributed by atoms with Crippen molar-refractivity contribution in [1.82, 2.24) is 5.32 Å². The Labute approximate surface area is 163 Å². The molecular weight excluding hydrogens is 360 g/mol. The van der Waals surface area contributed by atoms with Crippen molar-refractivity contribution in [1.29, 1.82) is 0 Å². The summed E-state index contributed by atoms with van der Waals surface area (Å²) in [5, 5.41) is 2.38. The molecule has 0 unspecified atom stereocenters. The molecule has 2 rings (SSSR count). The maximum atomic E-state index is 12.6. The van der Waals surface area contributed by atoms with E-state index in [4.69, 9.17) is 5.73 Å². The van der Waals surface area contributed by atoms with Gasteiger partial charge in [0.1, 0.15) is 6.04 Å². The van der Waals surface area contributed by atoms with E-state index in [0.29, 0.717) is 16.0 Å². The molecule has 0 radical (unpaired) electrons. The second kappa shape index (κ2) is 8.39. The maximum absolute atomic E-state index is 12.6. The smallest absolute Gasteiger partial charge is 0.253 e. The number of carbonyl (C=O) groups is 3. The second-order valence-corrected chi connectivity index (χ2v) is 8.33. The summed E-state index contributed by atoms with van der Waals surface area (Å²) in [7, 11) is 0. The fourth-order valence-corrected chi connectivity index (χ4v) is 3.22. The Hall–Kier alpha value is -2.60. The number of amides is 2. The molecule has 1 atom stereocenters. The van der Waals surface area contributed by atoms with Crippen LogP contribution in [0, 0.1) is 0 Å². The van der Waals surface area contributed by atoms with Gasteiger partial charge in [-0.25, -0.2) is 0 Å². The van der Waals surface area contributed by atoms with Crippen molar-refractivity contribution >= 4 is 28.7 Å². The van der Waals surface area contributed by atoms with E-state index in [1.54, 1.807) is 36.4 Å². The van der Waals surface area contributed by atoms with E-state index >= 15 is 0 Å². The van der Waals surface area contributed by atoms with E-state index in [1.807, 2.05) is 12.1 Å². The maximum Gasteiger partial charge on any atom is 0.253 e. The Morgan fingerprint density at radius 3 is 2.15 bits per heavy atom. The minimum absolute atomic E-state index is 0.0104. The number of thioether (sulfide) groups is 1. The molecule has 2 aromatic rings. The summed E-state index contributed by atoms with van der Waals surface area (Å²) in [6, 6.07) is 13.5. The lowest BCUT2D eigenvalue weighted by Gasteiger charge is -2.19. The highest BCUT2D eigenvalue weighted by atomic mass is 32.2. The summed E-state index contributed by atoms with van der Waals surface area (Å²) in [5.74, 6) is -1.07. The summed E-state index contributed by atoms with van der Waals surface area (Å²) in [4.78, 5) is 36.7. The molecule has 6 heteroatoms. The third-order valence-electron chi connectivity index (χ3n) is 4.10. The van der Waals surface area contributed by atoms with Gasteiger partial charge in [-0.2, -0.15) is 0 Å². The van der Waals surface area contributed by atoms with Gasteiger partial charge in [-0.05, 0) is 41.8 Å². The molecule has 5 nitrogen and oxygen atoms in total. The summed E-state index contributed by atoms with van der Waals surface area (Å²) >= 11 is 0.985. The van der Waals surface area contributed by atoms with Crippen LogP contribution in [0.4, 0.5) is 0 Å². The van der Waals surface area contributed by atoms with Crippen LogP contribution in [0.1, 0.15) is 54.0 Å². The summed E-state index contributed by atoms with van der Waals surface area (Å²) in [6.45, 7) is 7.85. The summed E-state index contributed by atoms with van der Waals surface area (Å²) < 4.78 is 0. The molecule has 3 N–H and O–H groups in total. The Morgan fingerprint density at radius 1 is 1.00 bits per heavy atom. The first kappa shape index (κ1) is 20.7. The zero-order valence-electron chi connectivity index (χ0n) is 15.9. The van der Waals surface area contributed by atoms with Crippen molar-refractivity contribution in [3.05, 3.63) is 65.2 Å². The second-order valence-electron chi connectivity index (χ2n) is 7.31. The van der Waals surface area contributed by atoms with Gasteiger partial charge in [-0.3, -0.25) is 14.4 Å². The average Bonchev–Trinajstić information content (AvgIpc) is 2.61. The first-order valence-electron chi connectivity index (χ1n) is 8.61. The Kier molecular flexibility index (Phi) is 6.44. The quantitative estimate of drug-likeness (QED) is 0.772. The number of rotatable bonds is 5. The van der Waals surface area contributed by atoms with Gasteiger partial charge in [-0.15, -0.1) is 0 Å². The van der Waals surface area contributed by atoms with Crippen molar-refractivity contribution in [3.8, 4) is 0 Å². The SMILES string of the molecule is C[C@H](NC(=O)c1ccccc1SC(=O)c1ccc(C(C)(C)C)cc1)C(N)=O. The van der Waals surface area contributed by atoms with E-state index < -0.39 is 17.9 Å². The number of primary amides is 1. The Morgan fingerprint density at radius 2 is 1.59 bits per heavy atom. The lowest BCUT2D eigenvalue weighted by Crippen LogP contribution is -2.42. The van der Waals surface area contributed by atoms with Crippen LogP contribution in [0.5, 0.6) is 0 Å². The Balaban J connectivity index is 2.19. The van der Waals surface area contributed by atoms with Crippen molar-refractivity contribution in [3.63, 3.8) is 0 Å². The van der Waals surface area contributed by atoms with Crippen LogP contribution in [-0.4, -0.2) is 23.0 Å². The summed E-state index contributed by atoms with van der Waals surface area (Å²) in [5.41, 5.74) is 7.23. The topological polar surface area (TPSA) is 89.3 Å². The first-order chi connectivity index (χ1) is 12.6. The van der Waals surface area contributed by atoms with Crippen molar-refractivity contribution in [2.45, 2.75) is 44.0 Å². The lowest BCUT2D eigenvalue weighted by atomic mass is 9.87. The molecule has 0 spiro atoms. The van der Waals surface area contributed by atoms with Gasteiger partial charge in [-0.1, -0.05) is 57.2 Å². The average molecular weight is 385 g/mol. The van der Waals surface area contributed by atoms with Crippen LogP contribution < -0.4 is 11.1 Å². The van der Waals surface area contributed by atoms with Crippen LogP contribution in [0.15, 0.2) is 53.4 Å². The lowest BCUT2D eigenvalue weighted by molar-refractivity contribution is -0.119. The number of nitrogens with one attached hydrogen (secondary N) is 1. The third-order valence-corrected chi connectivity index (χ3v) is 5.09. The molecule has 0 fully saturated rings. The molecule has 2 amide bonds. The predicted octanol–water partition coefficient (Wildman–Crippen LogP) is 3.52. The zero-order valence-corrected chi connectivity index (χ0v) is 16.7. The van der Waals surface area contributed by atoms with Gasteiger partial charge >= 0.3 is 0 Å². The zero-order chi connectivity index (χ0) is 20.2. The number of benzene rings is 2. The molecular formula is C21H24N2O3S. The highest BCUT2D eigenvalue weighted by Gasteiger charge is 2.19. The molecule has 0 bridgehead atoms. The van der Waals surface area contributed by atoms with Crippen molar-refractivity contribution < 1.29 is 14.4 Å². The fourth-order valence-electron chi connectivity index (χ4n) is 2.35. The largest absolute Gasteiger partial charge is 0.368 e. The van der Waals surface area contributed by atoms with E-state index in [-0.39, 0.29) is 10.5 Å². The summed E-state index contributed by atoms with van der Waals surface area (Å²) in [6.07, 6.45) is 0. The number of hydrogen-bond acceptors (Lipinski definition) is 4. The molecule has 0 aliphatic rings. The van der Waals surface area contributed by atoms with Gasteiger partial charge in [0.25, 0.3) is 5.91 Å². The number of carbonyl (C=O) groups excluding carboxylic acids is 3. The molecule has 0 aliphatic heterocycles. The van der Waals surface area contributed by atoms with Gasteiger partial charge in [0, 0.05) is 10.5 Å².